The number of amides is 7. The summed E-state index contributed by atoms with van der Waals surface area (Å²) in [5.41, 5.74) is 23.4. The van der Waals surface area contributed by atoms with Crippen LogP contribution in [-0.4, -0.2) is 155 Å². The minimum Gasteiger partial charge on any atom is -0.478 e. The van der Waals surface area contributed by atoms with E-state index in [1.165, 1.54) is 75.5 Å². The van der Waals surface area contributed by atoms with E-state index in [9.17, 15) is 66.0 Å². The number of nitriles is 2. The summed E-state index contributed by atoms with van der Waals surface area (Å²) in [4.78, 5) is 137. The number of nitrogens with two attached hydrogens (primary N) is 3. The Hall–Kier alpha value is -16.7. The number of fused-ring (bicyclic) bond motifs is 4. The van der Waals surface area contributed by atoms with Crippen molar-refractivity contribution in [3.63, 3.8) is 0 Å². The molecule has 0 aliphatic rings. The topological polar surface area (TPSA) is 569 Å². The van der Waals surface area contributed by atoms with Crippen molar-refractivity contribution in [2.75, 3.05) is 16.0 Å². The number of aromatic nitrogens is 15. The number of aromatic carboxylic acids is 2. The van der Waals surface area contributed by atoms with Crippen molar-refractivity contribution in [3.8, 4) is 12.1 Å². The van der Waals surface area contributed by atoms with Gasteiger partial charge in [-0.3, -0.25) is 64.4 Å². The maximum atomic E-state index is 14.6. The molecule has 47 heteroatoms. The van der Waals surface area contributed by atoms with Crippen LogP contribution in [0.25, 0.3) is 43.6 Å². The number of benzene rings is 4. The van der Waals surface area contributed by atoms with Crippen LogP contribution in [0.4, 0.5) is 49.4 Å². The molecular formula is C100H99Cl4F4N25O14. The molecule has 764 valence electrons. The van der Waals surface area contributed by atoms with E-state index in [0.29, 0.717) is 99.3 Å². The number of aryl methyl sites for hydroxylation is 6. The van der Waals surface area contributed by atoms with Gasteiger partial charge in [0.2, 0.25) is 0 Å². The monoisotopic (exact) mass is 2090 g/mol. The number of carbonyl (C=O) groups excluding carboxylic acids is 7. The third kappa shape index (κ3) is 29.5. The average molecular weight is 2090 g/mol. The highest BCUT2D eigenvalue weighted by atomic mass is 35.5. The van der Waals surface area contributed by atoms with E-state index < -0.39 is 93.9 Å². The molecule has 0 saturated carbocycles. The van der Waals surface area contributed by atoms with Crippen molar-refractivity contribution in [2.24, 2.45) is 17.2 Å². The molecule has 4 aromatic carbocycles. The zero-order valence-electron chi connectivity index (χ0n) is 80.9. The largest absolute Gasteiger partial charge is 0.478 e. The fourth-order valence-corrected chi connectivity index (χ4v) is 15.5. The van der Waals surface area contributed by atoms with Gasteiger partial charge in [0.15, 0.2) is 11.4 Å². The Labute approximate surface area is 857 Å². The third-order valence-corrected chi connectivity index (χ3v) is 21.8. The molecule has 0 spiro atoms. The van der Waals surface area contributed by atoms with E-state index in [4.69, 9.17) is 93.3 Å². The maximum Gasteiger partial charge on any atom is 0.413 e. The molecule has 0 saturated heterocycles. The van der Waals surface area contributed by atoms with Crippen LogP contribution in [-0.2, 0) is 60.0 Å². The van der Waals surface area contributed by atoms with Gasteiger partial charge in [-0.2, -0.15) is 30.9 Å². The number of carboxylic acids is 2. The summed E-state index contributed by atoms with van der Waals surface area (Å²) in [7, 11) is 0. The molecule has 0 atom stereocenters. The normalized spacial score (nSPS) is 11.1. The first-order valence-electron chi connectivity index (χ1n) is 43.9. The predicted octanol–water partition coefficient (Wildman–Crippen LogP) is 18.1. The lowest BCUT2D eigenvalue weighted by Crippen LogP contribution is -2.28. The van der Waals surface area contributed by atoms with Crippen molar-refractivity contribution in [1.29, 1.82) is 10.5 Å². The number of anilines is 3. The predicted molar refractivity (Wildman–Crippen MR) is 540 cm³/mol. The SMILES string of the molecule is C.Cc1cc(NC(=O)OC(C)(C)C)nc(C)c1CN.Cc1cc(NC(=O)OC(C)(C)C)nc(C)c1CNC(=O)c1cnn(Cc2cc(F)c3ncc(Cl)cc3c2)c1C#N.Cc1cc(NC(=O)OC(C)(C)C)nc(C)c1CNC(=O)c1cnn(Cc2cc(F)c3ncc(Cl)cc3c2)c1C(N)=O.N#Cc1c(C(=O)O)cnn1Cc1cc(F)c2ncc(Cl)cc2c1.NC(=O)c1c(C(=O)O)cnn1Cc1cc(F)c2ncc(Cl)cc2c1. The van der Waals surface area contributed by atoms with E-state index in [-0.39, 0.29) is 114 Å². The van der Waals surface area contributed by atoms with E-state index in [1.807, 2.05) is 54.5 Å². The molecule has 13 N–H and O–H groups in total. The number of hydrogen-bond acceptors (Lipinski definition) is 26. The fourth-order valence-electron chi connectivity index (χ4n) is 14.8. The Bertz CT molecular complexity index is 7710. The van der Waals surface area contributed by atoms with Crippen LogP contribution in [0.2, 0.25) is 20.1 Å². The third-order valence-electron chi connectivity index (χ3n) is 21.0. The zero-order chi connectivity index (χ0) is 107. The van der Waals surface area contributed by atoms with Crippen molar-refractivity contribution < 1.29 is 85.1 Å². The molecule has 0 aliphatic carbocycles. The molecule has 0 bridgehead atoms. The van der Waals surface area contributed by atoms with Crippen molar-refractivity contribution in [3.05, 3.63) is 302 Å². The van der Waals surface area contributed by atoms with Crippen molar-refractivity contribution in [1.82, 2.24) is 84.6 Å². The number of primary amides is 2. The summed E-state index contributed by atoms with van der Waals surface area (Å²) in [6, 6.07) is 27.0. The van der Waals surface area contributed by atoms with Gasteiger partial charge in [0.1, 0.15) is 114 Å². The van der Waals surface area contributed by atoms with Crippen LogP contribution >= 0.6 is 46.4 Å². The minimum atomic E-state index is -1.32. The molecule has 15 rings (SSSR count). The fraction of sp³-hybridized carbons (Fsp3) is 0.260. The number of halogens is 8. The highest BCUT2D eigenvalue weighted by Crippen LogP contribution is 2.31. The van der Waals surface area contributed by atoms with Crippen molar-refractivity contribution >= 4 is 161 Å². The summed E-state index contributed by atoms with van der Waals surface area (Å²) < 4.78 is 78.1. The maximum absolute atomic E-state index is 14.6. The van der Waals surface area contributed by atoms with Crippen LogP contribution in [0.5, 0.6) is 0 Å². The van der Waals surface area contributed by atoms with Crippen molar-refractivity contribution in [2.45, 2.75) is 174 Å². The number of ether oxygens (including phenoxy) is 3. The second-order valence-corrected chi connectivity index (χ2v) is 37.4. The quantitative estimate of drug-likeness (QED) is 0.0222. The molecule has 11 aromatic heterocycles. The summed E-state index contributed by atoms with van der Waals surface area (Å²) in [6.07, 6.45) is 8.31. The van der Waals surface area contributed by atoms with Crippen LogP contribution in [0.3, 0.4) is 0 Å². The number of pyridine rings is 7. The number of rotatable bonds is 22. The summed E-state index contributed by atoms with van der Waals surface area (Å²) in [5.74, 6) is -6.52. The van der Waals surface area contributed by atoms with Gasteiger partial charge >= 0.3 is 30.2 Å². The van der Waals surface area contributed by atoms with Gasteiger partial charge in [-0.25, -0.2) is 65.8 Å². The standard InChI is InChI=1S/C28H29ClFN7O4.C28H27ClFN7O3.C15H10ClFN4O3.C15H8ClFN4O2.C13H21N3O2.CH4/c1-14-6-22(36-27(40)41-28(3,4)5)35-15(2)19(14)11-33-26(39)20-12-34-37(24(20)25(31)38)13-16-7-17-9-18(29)10-32-23(17)21(30)8-16;1-15-6-24(36-27(39)40-28(3,4)5)35-16(2)20(15)12-33-26(38)21-13-34-37(23(21)10-31)14-17-7-18-9-19(29)11-32-25(18)22(30)8-17;16-9-3-8-1-7(2-11(17)12(8)19-4-9)6-21-13(14(18)22)10(5-20-21)15(23)24;16-10-3-9-1-8(2-12(17)14(9)19-5-10)7-21-13(4-18)11(6-20-21)15(22)23;1-8-6-11(15-9(2)10(8)7-14)16-12(17)18-13(3,4)5;/h6-10,12H,11,13H2,1-5H3,(H2,31,38)(H,33,39)(H,35,36,40);6-9,11,13H,12,14H2,1-5H3,(H,33,38)(H,35,36,39);1-5H,6H2,(H2,18,22)(H,23,24);1-3,5-6H,7H2,(H,22,23);6H,7,14H2,1-5H3,(H,15,16,17);1H4. The molecule has 0 radical (unpaired) electrons. The number of carbonyl (C=O) groups is 9. The zero-order valence-corrected chi connectivity index (χ0v) is 83.9. The van der Waals surface area contributed by atoms with Gasteiger partial charge in [-0.15, -0.1) is 0 Å². The molecule has 0 fully saturated rings. The molecule has 11 heterocycles. The number of nitrogens with one attached hydrogen (secondary N) is 5. The van der Waals surface area contributed by atoms with E-state index in [0.717, 1.165) is 56.2 Å². The van der Waals surface area contributed by atoms with Crippen LogP contribution in [0.1, 0.15) is 216 Å². The number of carboxylic acid groups (broad SMARTS) is 2. The number of nitrogens with zero attached hydrogens (tertiary/aromatic N) is 17. The smallest absolute Gasteiger partial charge is 0.413 e. The first kappa shape index (κ1) is 112. The summed E-state index contributed by atoms with van der Waals surface area (Å²) in [6.45, 7) is 27.7. The van der Waals surface area contributed by atoms with Gasteiger partial charge in [-0.05, 0) is 250 Å². The summed E-state index contributed by atoms with van der Waals surface area (Å²) >= 11 is 23.7. The Balaban J connectivity index is 0.000000194. The molecule has 7 amide bonds. The molecule has 147 heavy (non-hydrogen) atoms. The minimum absolute atomic E-state index is 0. The molecule has 15 aromatic rings. The average Bonchev–Trinajstić information content (AvgIpc) is 1.06. The highest BCUT2D eigenvalue weighted by molar-refractivity contribution is 6.32. The molecule has 0 unspecified atom stereocenters. The van der Waals surface area contributed by atoms with Gasteiger partial charge in [0, 0.05) is 83.0 Å². The second-order valence-electron chi connectivity index (χ2n) is 35.6. The van der Waals surface area contributed by atoms with Gasteiger partial charge in [-0.1, -0.05) is 53.8 Å². The second kappa shape index (κ2) is 47.6. The molecular weight excluding hydrogens is 1990 g/mol. The molecule has 39 nitrogen and oxygen atoms in total. The van der Waals surface area contributed by atoms with Gasteiger partial charge in [0.05, 0.1) is 82.2 Å². The van der Waals surface area contributed by atoms with Crippen LogP contribution < -0.4 is 43.8 Å². The molecule has 0 aliphatic heterocycles. The van der Waals surface area contributed by atoms with Crippen LogP contribution in [0, 0.1) is 87.5 Å². The first-order valence-corrected chi connectivity index (χ1v) is 45.4. The lowest BCUT2D eigenvalue weighted by atomic mass is 10.1. The Morgan fingerprint density at radius 2 is 0.653 bits per heavy atom. The van der Waals surface area contributed by atoms with Gasteiger partial charge in [0.25, 0.3) is 23.6 Å². The Morgan fingerprint density at radius 1 is 0.388 bits per heavy atom. The first-order chi connectivity index (χ1) is 68.6. The van der Waals surface area contributed by atoms with Gasteiger partial charge < -0.3 is 52.3 Å². The lowest BCUT2D eigenvalue weighted by Gasteiger charge is -2.20. The van der Waals surface area contributed by atoms with Crippen LogP contribution in [0.15, 0.2) is 141 Å². The lowest BCUT2D eigenvalue weighted by molar-refractivity contribution is 0.0624. The number of hydrogen-bond donors (Lipinski definition) is 10. The van der Waals surface area contributed by atoms with E-state index >= 15 is 0 Å². The highest BCUT2D eigenvalue weighted by Gasteiger charge is 2.29. The van der Waals surface area contributed by atoms with E-state index in [2.05, 4.69) is 81.9 Å². The van der Waals surface area contributed by atoms with E-state index in [1.54, 1.807) is 128 Å². The Morgan fingerprint density at radius 3 is 0.939 bits per heavy atom. The summed E-state index contributed by atoms with van der Waals surface area (Å²) in [5, 5.41) is 69.8. The Kier molecular flexibility index (Phi) is 36.4.